The van der Waals surface area contributed by atoms with Crippen molar-refractivity contribution in [3.63, 3.8) is 0 Å². The van der Waals surface area contributed by atoms with E-state index in [-0.39, 0.29) is 28.0 Å². The highest BCUT2D eigenvalue weighted by atomic mass is 16.7. The summed E-state index contributed by atoms with van der Waals surface area (Å²) in [7, 11) is 0. The van der Waals surface area contributed by atoms with E-state index in [1.165, 1.54) is 36.4 Å². The highest BCUT2D eigenvalue weighted by molar-refractivity contribution is 6.21. The number of hydrogen-bond acceptors (Lipinski definition) is 5. The van der Waals surface area contributed by atoms with Crippen LogP contribution in [0.3, 0.4) is 0 Å². The maximum Gasteiger partial charge on any atom is 0.363 e. The van der Waals surface area contributed by atoms with Crippen LogP contribution in [0, 0.1) is 5.41 Å². The predicted molar refractivity (Wildman–Crippen MR) is 101 cm³/mol. The lowest BCUT2D eigenvalue weighted by molar-refractivity contribution is -0.0584. The number of rotatable bonds is 4. The van der Waals surface area contributed by atoms with Crippen LogP contribution in [0.1, 0.15) is 62.2 Å². The average Bonchev–Trinajstić information content (AvgIpc) is 2.91. The van der Waals surface area contributed by atoms with Gasteiger partial charge in [-0.15, -0.1) is 0 Å². The molecule has 1 aliphatic rings. The van der Waals surface area contributed by atoms with Gasteiger partial charge in [0, 0.05) is 12.1 Å². The molecule has 0 radical (unpaired) electrons. The third-order valence-corrected chi connectivity index (χ3v) is 4.09. The molecule has 28 heavy (non-hydrogen) atoms. The molecule has 7 nitrogen and oxygen atoms in total. The van der Waals surface area contributed by atoms with E-state index in [4.69, 9.17) is 4.84 Å². The van der Waals surface area contributed by atoms with Crippen LogP contribution in [-0.4, -0.2) is 35.3 Å². The maximum atomic E-state index is 12.3. The van der Waals surface area contributed by atoms with Crippen LogP contribution >= 0.6 is 0 Å². The summed E-state index contributed by atoms with van der Waals surface area (Å²) in [5.74, 6) is -2.49. The molecule has 0 bridgehead atoms. The van der Waals surface area contributed by atoms with Gasteiger partial charge < -0.3 is 10.2 Å². The Morgan fingerprint density at radius 3 is 1.89 bits per heavy atom. The van der Waals surface area contributed by atoms with E-state index in [1.54, 1.807) is 12.1 Å². The number of hydroxylamine groups is 2. The monoisotopic (exact) mass is 380 g/mol. The van der Waals surface area contributed by atoms with Crippen molar-refractivity contribution in [3.05, 3.63) is 70.8 Å². The molecule has 0 atom stereocenters. The number of amides is 3. The number of nitrogens with one attached hydrogen (secondary N) is 1. The van der Waals surface area contributed by atoms with Gasteiger partial charge in [-0.25, -0.2) is 4.79 Å². The van der Waals surface area contributed by atoms with E-state index < -0.39 is 17.8 Å². The van der Waals surface area contributed by atoms with Gasteiger partial charge in [0.1, 0.15) is 0 Å². The summed E-state index contributed by atoms with van der Waals surface area (Å²) in [5.41, 5.74) is 0.828. The van der Waals surface area contributed by atoms with Crippen LogP contribution in [0.4, 0.5) is 0 Å². The first-order valence-corrected chi connectivity index (χ1v) is 8.76. The van der Waals surface area contributed by atoms with Gasteiger partial charge in [-0.3, -0.25) is 14.4 Å². The molecule has 0 fully saturated rings. The first-order valence-electron chi connectivity index (χ1n) is 8.76. The second-order valence-electron chi connectivity index (χ2n) is 7.65. The lowest BCUT2D eigenvalue weighted by Crippen LogP contribution is -2.33. The van der Waals surface area contributed by atoms with Crippen molar-refractivity contribution >= 4 is 23.7 Å². The van der Waals surface area contributed by atoms with Crippen molar-refractivity contribution in [1.29, 1.82) is 0 Å². The Balaban J connectivity index is 1.67. The quantitative estimate of drug-likeness (QED) is 0.824. The van der Waals surface area contributed by atoms with E-state index in [1.807, 2.05) is 20.8 Å². The number of carbonyl (C=O) groups excluding carboxylic acids is 4. The standard InChI is InChI=1S/C21H20N2O5/c1-21(2,3)12-22-17(24)13-8-10-14(11-9-13)20(27)28-23-18(25)15-6-4-5-7-16(15)19(23)26/h4-11H,12H2,1-3H3,(H,22,24). The van der Waals surface area contributed by atoms with Gasteiger partial charge in [-0.2, -0.15) is 0 Å². The molecule has 144 valence electrons. The largest absolute Gasteiger partial charge is 0.363 e. The second kappa shape index (κ2) is 7.26. The number of imide groups is 1. The summed E-state index contributed by atoms with van der Waals surface area (Å²) in [6.45, 7) is 6.53. The molecule has 3 rings (SSSR count). The van der Waals surface area contributed by atoms with Crippen molar-refractivity contribution in [3.8, 4) is 0 Å². The molecule has 0 saturated heterocycles. The number of carbonyl (C=O) groups is 4. The molecule has 0 unspecified atom stereocenters. The van der Waals surface area contributed by atoms with Crippen molar-refractivity contribution < 1.29 is 24.0 Å². The summed E-state index contributed by atoms with van der Waals surface area (Å²) < 4.78 is 0. The summed E-state index contributed by atoms with van der Waals surface area (Å²) in [6.07, 6.45) is 0. The zero-order chi connectivity index (χ0) is 20.5. The molecule has 0 aliphatic carbocycles. The number of fused-ring (bicyclic) bond motifs is 1. The summed E-state index contributed by atoms with van der Waals surface area (Å²) >= 11 is 0. The van der Waals surface area contributed by atoms with E-state index in [0.717, 1.165) is 0 Å². The van der Waals surface area contributed by atoms with E-state index in [0.29, 0.717) is 17.2 Å². The lowest BCUT2D eigenvalue weighted by Gasteiger charge is -2.18. The molecule has 3 amide bonds. The molecule has 0 saturated carbocycles. The molecule has 0 spiro atoms. The minimum Gasteiger partial charge on any atom is -0.352 e. The van der Waals surface area contributed by atoms with Crippen molar-refractivity contribution in [1.82, 2.24) is 10.4 Å². The molecule has 1 N–H and O–H groups in total. The average molecular weight is 380 g/mol. The highest BCUT2D eigenvalue weighted by Gasteiger charge is 2.38. The Hall–Kier alpha value is -3.48. The fourth-order valence-corrected chi connectivity index (χ4v) is 2.59. The van der Waals surface area contributed by atoms with E-state index >= 15 is 0 Å². The van der Waals surface area contributed by atoms with Gasteiger partial charge in [0.25, 0.3) is 17.7 Å². The minimum atomic E-state index is -0.865. The predicted octanol–water partition coefficient (Wildman–Crippen LogP) is 2.83. The van der Waals surface area contributed by atoms with Crippen molar-refractivity contribution in [2.24, 2.45) is 5.41 Å². The van der Waals surface area contributed by atoms with Gasteiger partial charge in [-0.05, 0) is 41.8 Å². The second-order valence-corrected chi connectivity index (χ2v) is 7.65. The zero-order valence-electron chi connectivity index (χ0n) is 15.8. The van der Waals surface area contributed by atoms with Gasteiger partial charge >= 0.3 is 5.97 Å². The van der Waals surface area contributed by atoms with Crippen molar-refractivity contribution in [2.45, 2.75) is 20.8 Å². The lowest BCUT2D eigenvalue weighted by atomic mass is 9.97. The minimum absolute atomic E-state index is 0.0498. The Bertz CT molecular complexity index is 923. The van der Waals surface area contributed by atoms with Crippen LogP contribution in [0.2, 0.25) is 0 Å². The van der Waals surface area contributed by atoms with Gasteiger partial charge in [0.05, 0.1) is 16.7 Å². The fraction of sp³-hybridized carbons (Fsp3) is 0.238. The van der Waals surface area contributed by atoms with Crippen LogP contribution in [0.5, 0.6) is 0 Å². The van der Waals surface area contributed by atoms with Gasteiger partial charge in [0.2, 0.25) is 0 Å². The van der Waals surface area contributed by atoms with Crippen LogP contribution in [0.25, 0.3) is 0 Å². The molecule has 7 heteroatoms. The van der Waals surface area contributed by atoms with E-state index in [2.05, 4.69) is 5.32 Å². The Morgan fingerprint density at radius 1 is 0.893 bits per heavy atom. The summed E-state index contributed by atoms with van der Waals surface area (Å²) in [5, 5.41) is 3.27. The third kappa shape index (κ3) is 3.93. The Labute approximate surface area is 162 Å². The first kappa shape index (κ1) is 19.3. The van der Waals surface area contributed by atoms with E-state index in [9.17, 15) is 19.2 Å². The highest BCUT2D eigenvalue weighted by Crippen LogP contribution is 2.23. The van der Waals surface area contributed by atoms with Crippen LogP contribution < -0.4 is 5.32 Å². The zero-order valence-corrected chi connectivity index (χ0v) is 15.8. The number of benzene rings is 2. The topological polar surface area (TPSA) is 92.8 Å². The molecular formula is C21H20N2O5. The SMILES string of the molecule is CC(C)(C)CNC(=O)c1ccc(C(=O)ON2C(=O)c3ccccc3C2=O)cc1. The maximum absolute atomic E-state index is 12.3. The van der Waals surface area contributed by atoms with Gasteiger partial charge in [-0.1, -0.05) is 38.0 Å². The molecular weight excluding hydrogens is 360 g/mol. The van der Waals surface area contributed by atoms with Gasteiger partial charge in [0.15, 0.2) is 0 Å². The number of hydrogen-bond donors (Lipinski definition) is 1. The van der Waals surface area contributed by atoms with Crippen LogP contribution in [0.15, 0.2) is 48.5 Å². The molecule has 2 aromatic carbocycles. The molecule has 0 aromatic heterocycles. The fourth-order valence-electron chi connectivity index (χ4n) is 2.59. The summed E-state index contributed by atoms with van der Waals surface area (Å²) in [4.78, 5) is 53.9. The van der Waals surface area contributed by atoms with Crippen LogP contribution in [-0.2, 0) is 4.84 Å². The normalized spacial score (nSPS) is 13.3. The Kier molecular flexibility index (Phi) is 5.00. The number of nitrogens with zero attached hydrogens (tertiary/aromatic N) is 1. The third-order valence-electron chi connectivity index (χ3n) is 4.09. The smallest absolute Gasteiger partial charge is 0.352 e. The molecule has 1 heterocycles. The Morgan fingerprint density at radius 2 is 1.39 bits per heavy atom. The van der Waals surface area contributed by atoms with Crippen molar-refractivity contribution in [2.75, 3.05) is 6.54 Å². The summed E-state index contributed by atoms with van der Waals surface area (Å²) in [6, 6.07) is 12.0. The molecule has 1 aliphatic heterocycles. The first-order chi connectivity index (χ1) is 13.2. The molecule has 2 aromatic rings.